The van der Waals surface area contributed by atoms with E-state index >= 15 is 0 Å². The first kappa shape index (κ1) is 10.4. The molecule has 0 bridgehead atoms. The molecule has 1 heterocycles. The number of aliphatic carboxylic acids is 1. The highest BCUT2D eigenvalue weighted by Crippen LogP contribution is 2.34. The second-order valence-electron chi connectivity index (χ2n) is 3.75. The van der Waals surface area contributed by atoms with Crippen LogP contribution in [0.15, 0.2) is 23.1 Å². The maximum absolute atomic E-state index is 10.6. The van der Waals surface area contributed by atoms with Crippen molar-refractivity contribution in [3.63, 3.8) is 0 Å². The molecular formula is C11H13NO2S. The molecule has 1 unspecified atom stereocenters. The van der Waals surface area contributed by atoms with Crippen LogP contribution in [0.3, 0.4) is 0 Å². The molecule has 2 rings (SSSR count). The van der Waals surface area contributed by atoms with Gasteiger partial charge in [0.25, 0.3) is 0 Å². The Morgan fingerprint density at radius 1 is 1.67 bits per heavy atom. The number of anilines is 1. The van der Waals surface area contributed by atoms with Crippen LogP contribution in [0.1, 0.15) is 12.0 Å². The number of benzene rings is 1. The lowest BCUT2D eigenvalue weighted by Crippen LogP contribution is -2.28. The van der Waals surface area contributed by atoms with Crippen LogP contribution in [0.5, 0.6) is 0 Å². The van der Waals surface area contributed by atoms with E-state index in [2.05, 4.69) is 18.3 Å². The molecule has 80 valence electrons. The van der Waals surface area contributed by atoms with Gasteiger partial charge in [0.05, 0.1) is 6.42 Å². The van der Waals surface area contributed by atoms with E-state index < -0.39 is 5.97 Å². The Kier molecular flexibility index (Phi) is 2.86. The molecule has 3 nitrogen and oxygen atoms in total. The van der Waals surface area contributed by atoms with Crippen LogP contribution in [0, 0.1) is 6.92 Å². The molecule has 0 fully saturated rings. The first-order valence-electron chi connectivity index (χ1n) is 4.87. The molecular weight excluding hydrogens is 210 g/mol. The van der Waals surface area contributed by atoms with E-state index in [1.807, 2.05) is 12.1 Å². The normalized spacial score (nSPS) is 19.1. The molecule has 15 heavy (non-hydrogen) atoms. The van der Waals surface area contributed by atoms with Crippen LogP contribution in [0.2, 0.25) is 0 Å². The van der Waals surface area contributed by atoms with Crippen molar-refractivity contribution < 1.29 is 9.90 Å². The summed E-state index contributed by atoms with van der Waals surface area (Å²) in [6, 6.07) is 6.23. The van der Waals surface area contributed by atoms with Crippen molar-refractivity contribution in [2.45, 2.75) is 24.3 Å². The number of carbonyl (C=O) groups is 1. The van der Waals surface area contributed by atoms with Gasteiger partial charge in [0.2, 0.25) is 0 Å². The molecule has 0 saturated heterocycles. The summed E-state index contributed by atoms with van der Waals surface area (Å²) >= 11 is 1.73. The first-order valence-corrected chi connectivity index (χ1v) is 5.85. The lowest BCUT2D eigenvalue weighted by atomic mass is 10.2. The Morgan fingerprint density at radius 3 is 3.20 bits per heavy atom. The van der Waals surface area contributed by atoms with Crippen LogP contribution in [0.25, 0.3) is 0 Å². The molecule has 1 aliphatic rings. The third-order valence-corrected chi connectivity index (χ3v) is 3.58. The van der Waals surface area contributed by atoms with E-state index in [4.69, 9.17) is 5.11 Å². The van der Waals surface area contributed by atoms with Crippen molar-refractivity contribution >= 4 is 23.4 Å². The summed E-state index contributed by atoms with van der Waals surface area (Å²) in [7, 11) is 0. The van der Waals surface area contributed by atoms with Crippen LogP contribution < -0.4 is 5.32 Å². The standard InChI is InChI=1S/C11H13NO2S/c1-7-2-3-9-10(4-7)15-6-8(12-9)5-11(13)14/h2-4,8,12H,5-6H2,1H3,(H,13,14). The second-order valence-corrected chi connectivity index (χ2v) is 4.81. The molecule has 0 spiro atoms. The van der Waals surface area contributed by atoms with Gasteiger partial charge in [0.15, 0.2) is 0 Å². The van der Waals surface area contributed by atoms with E-state index in [0.29, 0.717) is 0 Å². The zero-order valence-corrected chi connectivity index (χ0v) is 9.30. The molecule has 1 aliphatic heterocycles. The Balaban J connectivity index is 2.13. The SMILES string of the molecule is Cc1ccc2c(c1)SCC(CC(=O)O)N2. The molecule has 1 aromatic rings. The average molecular weight is 223 g/mol. The smallest absolute Gasteiger partial charge is 0.305 e. The monoisotopic (exact) mass is 223 g/mol. The molecule has 1 aromatic carbocycles. The summed E-state index contributed by atoms with van der Waals surface area (Å²) in [4.78, 5) is 11.8. The number of aryl methyl sites for hydroxylation is 1. The summed E-state index contributed by atoms with van der Waals surface area (Å²) in [5.41, 5.74) is 2.29. The summed E-state index contributed by atoms with van der Waals surface area (Å²) in [5.74, 6) is 0.0756. The predicted octanol–water partition coefficient (Wildman–Crippen LogP) is 2.36. The van der Waals surface area contributed by atoms with Gasteiger partial charge in [0, 0.05) is 22.4 Å². The number of hydrogen-bond donors (Lipinski definition) is 2. The van der Waals surface area contributed by atoms with E-state index in [1.54, 1.807) is 11.8 Å². The van der Waals surface area contributed by atoms with Gasteiger partial charge in [-0.15, -0.1) is 11.8 Å². The van der Waals surface area contributed by atoms with Gasteiger partial charge >= 0.3 is 5.97 Å². The molecule has 0 saturated carbocycles. The van der Waals surface area contributed by atoms with Crippen molar-refractivity contribution in [1.82, 2.24) is 0 Å². The first-order chi connectivity index (χ1) is 7.15. The Hall–Kier alpha value is -1.16. The highest BCUT2D eigenvalue weighted by atomic mass is 32.2. The topological polar surface area (TPSA) is 49.3 Å². The highest BCUT2D eigenvalue weighted by Gasteiger charge is 2.20. The zero-order valence-electron chi connectivity index (χ0n) is 8.49. The summed E-state index contributed by atoms with van der Waals surface area (Å²) in [5, 5.41) is 12.0. The number of carboxylic acids is 1. The van der Waals surface area contributed by atoms with Gasteiger partial charge in [-0.3, -0.25) is 4.79 Å². The van der Waals surface area contributed by atoms with Gasteiger partial charge in [-0.1, -0.05) is 6.07 Å². The lowest BCUT2D eigenvalue weighted by Gasteiger charge is -2.25. The Bertz CT molecular complexity index is 392. The number of thioether (sulfide) groups is 1. The summed E-state index contributed by atoms with van der Waals surface area (Å²) in [6.07, 6.45) is 0.181. The van der Waals surface area contributed by atoms with E-state index in [-0.39, 0.29) is 12.5 Å². The zero-order chi connectivity index (χ0) is 10.8. The third-order valence-electron chi connectivity index (χ3n) is 2.36. The number of carboxylic acid groups (broad SMARTS) is 1. The van der Waals surface area contributed by atoms with Crippen molar-refractivity contribution in [1.29, 1.82) is 0 Å². The van der Waals surface area contributed by atoms with Crippen molar-refractivity contribution in [2.24, 2.45) is 0 Å². The van der Waals surface area contributed by atoms with Crippen LogP contribution in [-0.2, 0) is 4.79 Å². The average Bonchev–Trinajstić information content (AvgIpc) is 2.17. The van der Waals surface area contributed by atoms with Crippen LogP contribution in [0.4, 0.5) is 5.69 Å². The summed E-state index contributed by atoms with van der Waals surface area (Å²) in [6.45, 7) is 2.06. The van der Waals surface area contributed by atoms with Crippen LogP contribution >= 0.6 is 11.8 Å². The number of rotatable bonds is 2. The van der Waals surface area contributed by atoms with Gasteiger partial charge in [-0.05, 0) is 24.6 Å². The van der Waals surface area contributed by atoms with Gasteiger partial charge in [-0.2, -0.15) is 0 Å². The predicted molar refractivity (Wildman–Crippen MR) is 61.6 cm³/mol. The minimum Gasteiger partial charge on any atom is -0.481 e. The largest absolute Gasteiger partial charge is 0.481 e. The molecule has 0 amide bonds. The maximum atomic E-state index is 10.6. The van der Waals surface area contributed by atoms with Gasteiger partial charge in [-0.25, -0.2) is 0 Å². The minimum absolute atomic E-state index is 0.0442. The second kappa shape index (κ2) is 4.14. The van der Waals surface area contributed by atoms with Crippen LogP contribution in [-0.4, -0.2) is 22.9 Å². The van der Waals surface area contributed by atoms with Crippen molar-refractivity contribution in [3.8, 4) is 0 Å². The fourth-order valence-electron chi connectivity index (χ4n) is 1.64. The van der Waals surface area contributed by atoms with E-state index in [1.165, 1.54) is 10.5 Å². The fourth-order valence-corrected chi connectivity index (χ4v) is 2.77. The molecule has 0 radical (unpaired) electrons. The summed E-state index contributed by atoms with van der Waals surface area (Å²) < 4.78 is 0. The highest BCUT2D eigenvalue weighted by molar-refractivity contribution is 7.99. The molecule has 1 atom stereocenters. The third kappa shape index (κ3) is 2.45. The molecule has 0 aromatic heterocycles. The number of fused-ring (bicyclic) bond motifs is 1. The van der Waals surface area contributed by atoms with E-state index in [0.717, 1.165) is 11.4 Å². The maximum Gasteiger partial charge on any atom is 0.305 e. The minimum atomic E-state index is -0.747. The van der Waals surface area contributed by atoms with Crippen molar-refractivity contribution in [2.75, 3.05) is 11.1 Å². The Labute approximate surface area is 92.9 Å². The molecule has 2 N–H and O–H groups in total. The van der Waals surface area contributed by atoms with Gasteiger partial charge in [0.1, 0.15) is 0 Å². The van der Waals surface area contributed by atoms with Crippen molar-refractivity contribution in [3.05, 3.63) is 23.8 Å². The van der Waals surface area contributed by atoms with Gasteiger partial charge < -0.3 is 10.4 Å². The molecule has 0 aliphatic carbocycles. The quantitative estimate of drug-likeness (QED) is 0.808. The Morgan fingerprint density at radius 2 is 2.47 bits per heavy atom. The molecule has 4 heteroatoms. The lowest BCUT2D eigenvalue weighted by molar-refractivity contribution is -0.137. The van der Waals surface area contributed by atoms with E-state index in [9.17, 15) is 4.79 Å². The fraction of sp³-hybridized carbons (Fsp3) is 0.364. The number of hydrogen-bond acceptors (Lipinski definition) is 3. The number of nitrogens with one attached hydrogen (secondary N) is 1.